The van der Waals surface area contributed by atoms with Gasteiger partial charge in [0.05, 0.1) is 0 Å². The van der Waals surface area contributed by atoms with Crippen LogP contribution in [0.25, 0.3) is 87.2 Å². The Balaban J connectivity index is 1.13. The molecule has 0 radical (unpaired) electrons. The maximum atomic E-state index is 14.0. The van der Waals surface area contributed by atoms with Gasteiger partial charge in [0.1, 0.15) is 0 Å². The third kappa shape index (κ3) is 5.97. The summed E-state index contributed by atoms with van der Waals surface area (Å²) in [5.41, 5.74) is 8.93. The van der Waals surface area contributed by atoms with Gasteiger partial charge in [0.2, 0.25) is 0 Å². The molecule has 2 nitrogen and oxygen atoms in total. The molecule has 0 unspecified atom stereocenters. The Bertz CT molecular complexity index is 3480. The molecule has 11 rings (SSSR count). The lowest BCUT2D eigenvalue weighted by molar-refractivity contribution is 0.103. The van der Waals surface area contributed by atoms with E-state index in [-0.39, 0.29) is 11.6 Å². The molecule has 0 saturated carbocycles. The topological polar surface area (TPSA) is 34.1 Å². The molecule has 60 heavy (non-hydrogen) atoms. The zero-order valence-electron chi connectivity index (χ0n) is 32.6. The Morgan fingerprint density at radius 3 is 1.32 bits per heavy atom. The molecule has 0 aromatic heterocycles. The highest BCUT2D eigenvalue weighted by Gasteiger charge is 2.21. The van der Waals surface area contributed by atoms with Gasteiger partial charge in [0.15, 0.2) is 11.6 Å². The number of rotatable bonds is 7. The molecule has 11 aromatic carbocycles. The molecule has 0 aliphatic rings. The third-order valence-electron chi connectivity index (χ3n) is 12.0. The van der Waals surface area contributed by atoms with Gasteiger partial charge in [-0.15, -0.1) is 0 Å². The molecule has 0 aliphatic heterocycles. The lowest BCUT2D eigenvalue weighted by Gasteiger charge is -2.19. The predicted molar refractivity (Wildman–Crippen MR) is 250 cm³/mol. The highest BCUT2D eigenvalue weighted by atomic mass is 16.1. The van der Waals surface area contributed by atoms with Gasteiger partial charge in [-0.3, -0.25) is 9.59 Å². The molecule has 280 valence electrons. The van der Waals surface area contributed by atoms with Crippen LogP contribution in [0.2, 0.25) is 0 Å². The second-order valence-electron chi connectivity index (χ2n) is 15.5. The van der Waals surface area contributed by atoms with Crippen molar-refractivity contribution in [2.75, 3.05) is 0 Å². The van der Waals surface area contributed by atoms with Crippen LogP contribution in [0.5, 0.6) is 0 Å². The average Bonchev–Trinajstić information content (AvgIpc) is 3.32. The Morgan fingerprint density at radius 2 is 0.733 bits per heavy atom. The molecule has 0 spiro atoms. The zero-order chi connectivity index (χ0) is 40.2. The normalized spacial score (nSPS) is 11.5. The van der Waals surface area contributed by atoms with Crippen molar-refractivity contribution < 1.29 is 9.59 Å². The molecule has 2 heteroatoms. The van der Waals surface area contributed by atoms with E-state index in [0.29, 0.717) is 22.3 Å². The number of ketones is 2. The van der Waals surface area contributed by atoms with Crippen molar-refractivity contribution in [2.45, 2.75) is 0 Å². The van der Waals surface area contributed by atoms with Crippen LogP contribution in [0.4, 0.5) is 0 Å². The summed E-state index contributed by atoms with van der Waals surface area (Å²) in [6.45, 7) is 0. The van der Waals surface area contributed by atoms with E-state index in [1.165, 1.54) is 37.9 Å². The summed E-state index contributed by atoms with van der Waals surface area (Å²) < 4.78 is 0. The van der Waals surface area contributed by atoms with Crippen LogP contribution >= 0.6 is 0 Å². The summed E-state index contributed by atoms with van der Waals surface area (Å²) in [7, 11) is 0. The minimum Gasteiger partial charge on any atom is -0.289 e. The molecule has 0 atom stereocenters. The number of carbonyl (C=O) groups excluding carboxylic acids is 2. The van der Waals surface area contributed by atoms with Gasteiger partial charge in [-0.05, 0) is 112 Å². The quantitative estimate of drug-likeness (QED) is 0.0920. The number of carbonyl (C=O) groups is 2. The van der Waals surface area contributed by atoms with Crippen molar-refractivity contribution >= 4 is 65.4 Å². The van der Waals surface area contributed by atoms with E-state index in [0.717, 1.165) is 49.4 Å². The van der Waals surface area contributed by atoms with Gasteiger partial charge >= 0.3 is 0 Å². The van der Waals surface area contributed by atoms with Crippen LogP contribution in [0.3, 0.4) is 0 Å². The summed E-state index contributed by atoms with van der Waals surface area (Å²) in [5.74, 6) is -0.0530. The summed E-state index contributed by atoms with van der Waals surface area (Å²) >= 11 is 0. The van der Waals surface area contributed by atoms with E-state index >= 15 is 0 Å². The summed E-state index contributed by atoms with van der Waals surface area (Å²) in [6, 6.07) is 74.4. The van der Waals surface area contributed by atoms with E-state index in [9.17, 15) is 9.59 Å². The predicted octanol–water partition coefficient (Wildman–Crippen LogP) is 14.9. The minimum absolute atomic E-state index is 0.0256. The first kappa shape index (κ1) is 35.2. The van der Waals surface area contributed by atoms with Crippen molar-refractivity contribution in [3.8, 4) is 33.4 Å². The van der Waals surface area contributed by atoms with E-state index in [1.807, 2.05) is 91.0 Å². The summed E-state index contributed by atoms with van der Waals surface area (Å²) in [5, 5.41) is 11.3. The van der Waals surface area contributed by atoms with Crippen molar-refractivity contribution in [3.63, 3.8) is 0 Å². The molecular formula is C58H36O2. The van der Waals surface area contributed by atoms with Crippen LogP contribution in [0.1, 0.15) is 31.8 Å². The lowest BCUT2D eigenvalue weighted by atomic mass is 9.83. The maximum Gasteiger partial charge on any atom is 0.193 e. The average molecular weight is 765 g/mol. The molecule has 0 N–H and O–H groups in total. The van der Waals surface area contributed by atoms with E-state index in [1.54, 1.807) is 0 Å². The molecule has 0 saturated heterocycles. The Hall–Kier alpha value is -7.94. The second kappa shape index (κ2) is 14.5. The Labute approximate surface area is 347 Å². The standard InChI is InChI=1S/C58H36O2/c59-57(40-15-6-2-7-16-40)45-29-32-51-53(35-45)55(38-13-4-1-5-14-38)50-31-28-46(58(60)41-17-8-3-9-18-41)36-54(50)56(51)39-25-23-37(24-26-39)47-21-12-22-48-49(47)30-27-44-33-42-19-10-11-20-43(42)34-52(44)48/h1-36H. The van der Waals surface area contributed by atoms with Gasteiger partial charge in [-0.25, -0.2) is 0 Å². The van der Waals surface area contributed by atoms with Gasteiger partial charge in [0.25, 0.3) is 0 Å². The highest BCUT2D eigenvalue weighted by Crippen LogP contribution is 2.45. The van der Waals surface area contributed by atoms with Crippen LogP contribution < -0.4 is 0 Å². The van der Waals surface area contributed by atoms with Crippen molar-refractivity contribution in [1.82, 2.24) is 0 Å². The van der Waals surface area contributed by atoms with E-state index in [4.69, 9.17) is 0 Å². The van der Waals surface area contributed by atoms with Crippen LogP contribution in [0, 0.1) is 0 Å². The summed E-state index contributed by atoms with van der Waals surface area (Å²) in [4.78, 5) is 28.0. The maximum absolute atomic E-state index is 14.0. The van der Waals surface area contributed by atoms with Gasteiger partial charge < -0.3 is 0 Å². The highest BCUT2D eigenvalue weighted by molar-refractivity contribution is 6.24. The second-order valence-corrected chi connectivity index (χ2v) is 15.5. The fraction of sp³-hybridized carbons (Fsp3) is 0. The number of benzene rings is 11. The first-order valence-corrected chi connectivity index (χ1v) is 20.3. The van der Waals surface area contributed by atoms with Gasteiger partial charge in [0, 0.05) is 22.3 Å². The third-order valence-corrected chi connectivity index (χ3v) is 12.0. The first-order chi connectivity index (χ1) is 29.6. The molecule has 0 fully saturated rings. The van der Waals surface area contributed by atoms with Crippen LogP contribution in [0.15, 0.2) is 218 Å². The SMILES string of the molecule is O=C(c1ccccc1)c1ccc2c(-c3ccc(-c4cccc5c4ccc4cc6ccccc6cc45)cc3)c3cc(C(=O)c4ccccc4)ccc3c(-c3ccccc3)c2c1. The molecule has 0 amide bonds. The zero-order valence-corrected chi connectivity index (χ0v) is 32.6. The fourth-order valence-electron chi connectivity index (χ4n) is 9.10. The smallest absolute Gasteiger partial charge is 0.193 e. The minimum atomic E-state index is -0.0274. The number of hydrogen-bond acceptors (Lipinski definition) is 2. The van der Waals surface area contributed by atoms with E-state index in [2.05, 4.69) is 127 Å². The molecule has 0 heterocycles. The van der Waals surface area contributed by atoms with Crippen LogP contribution in [-0.4, -0.2) is 11.6 Å². The summed E-state index contributed by atoms with van der Waals surface area (Å²) in [6.07, 6.45) is 0. The van der Waals surface area contributed by atoms with Crippen molar-refractivity contribution in [3.05, 3.63) is 241 Å². The van der Waals surface area contributed by atoms with Crippen molar-refractivity contribution in [2.24, 2.45) is 0 Å². The van der Waals surface area contributed by atoms with Gasteiger partial charge in [-0.2, -0.15) is 0 Å². The molecular weight excluding hydrogens is 729 g/mol. The fourth-order valence-corrected chi connectivity index (χ4v) is 9.10. The monoisotopic (exact) mass is 764 g/mol. The number of hydrogen-bond donors (Lipinski definition) is 0. The largest absolute Gasteiger partial charge is 0.289 e. The van der Waals surface area contributed by atoms with E-state index < -0.39 is 0 Å². The molecule has 11 aromatic rings. The number of fused-ring (bicyclic) bond motifs is 6. The van der Waals surface area contributed by atoms with Crippen molar-refractivity contribution in [1.29, 1.82) is 0 Å². The Morgan fingerprint density at radius 1 is 0.250 bits per heavy atom. The molecule has 0 bridgehead atoms. The van der Waals surface area contributed by atoms with Gasteiger partial charge in [-0.1, -0.05) is 194 Å². The lowest BCUT2D eigenvalue weighted by Crippen LogP contribution is -2.03. The first-order valence-electron chi connectivity index (χ1n) is 20.3. The molecule has 0 aliphatic carbocycles. The Kier molecular flexibility index (Phi) is 8.49. The van der Waals surface area contributed by atoms with Crippen LogP contribution in [-0.2, 0) is 0 Å².